The van der Waals surface area contributed by atoms with Gasteiger partial charge in [-0.1, -0.05) is 25.4 Å². The van der Waals surface area contributed by atoms with Gasteiger partial charge >= 0.3 is 0 Å². The summed E-state index contributed by atoms with van der Waals surface area (Å²) in [4.78, 5) is 2.41. The number of nitriles is 1. The number of piperazine rings is 1. The van der Waals surface area contributed by atoms with E-state index < -0.39 is 0 Å². The summed E-state index contributed by atoms with van der Waals surface area (Å²) in [7, 11) is 0. The number of hydrogen-bond acceptors (Lipinski definition) is 3. The zero-order valence-corrected chi connectivity index (χ0v) is 12.2. The molecule has 1 aliphatic heterocycles. The van der Waals surface area contributed by atoms with Crippen molar-refractivity contribution in [3.05, 3.63) is 28.8 Å². The van der Waals surface area contributed by atoms with E-state index in [1.165, 1.54) is 0 Å². The van der Waals surface area contributed by atoms with Gasteiger partial charge in [0.05, 0.1) is 10.6 Å². The van der Waals surface area contributed by atoms with Crippen molar-refractivity contribution in [2.75, 3.05) is 18.0 Å². The van der Waals surface area contributed by atoms with Crippen molar-refractivity contribution in [3.8, 4) is 6.07 Å². The first kappa shape index (κ1) is 14.2. The number of hydrogen-bond donors (Lipinski definition) is 1. The number of benzene rings is 1. The fourth-order valence-corrected chi connectivity index (χ4v) is 2.81. The summed E-state index contributed by atoms with van der Waals surface area (Å²) in [6.07, 6.45) is 2.22. The highest BCUT2D eigenvalue weighted by Gasteiger charge is 2.26. The molecule has 3 nitrogen and oxygen atoms in total. The SMILES string of the molecule is CCC1CN(c2ccc(C#N)c(Cl)c2)C(CC)CN1. The summed E-state index contributed by atoms with van der Waals surface area (Å²) in [5.74, 6) is 0. The van der Waals surface area contributed by atoms with Crippen LogP contribution in [-0.2, 0) is 0 Å². The second kappa shape index (κ2) is 6.27. The molecule has 2 atom stereocenters. The summed E-state index contributed by atoms with van der Waals surface area (Å²) < 4.78 is 0. The van der Waals surface area contributed by atoms with Gasteiger partial charge < -0.3 is 10.2 Å². The Balaban J connectivity index is 2.26. The van der Waals surface area contributed by atoms with Crippen LogP contribution >= 0.6 is 11.6 Å². The molecule has 19 heavy (non-hydrogen) atoms. The molecule has 1 N–H and O–H groups in total. The van der Waals surface area contributed by atoms with Crippen molar-refractivity contribution in [2.24, 2.45) is 0 Å². The van der Waals surface area contributed by atoms with Gasteiger partial charge in [0, 0.05) is 30.9 Å². The molecule has 0 aromatic heterocycles. The zero-order chi connectivity index (χ0) is 13.8. The van der Waals surface area contributed by atoms with Crippen LogP contribution in [0.25, 0.3) is 0 Å². The molecule has 1 fully saturated rings. The maximum absolute atomic E-state index is 8.94. The average molecular weight is 278 g/mol. The lowest BCUT2D eigenvalue weighted by atomic mass is 10.0. The molecule has 1 heterocycles. The number of nitrogens with one attached hydrogen (secondary N) is 1. The quantitative estimate of drug-likeness (QED) is 0.922. The lowest BCUT2D eigenvalue weighted by molar-refractivity contribution is 0.379. The fraction of sp³-hybridized carbons (Fsp3) is 0.533. The minimum absolute atomic E-state index is 0.492. The van der Waals surface area contributed by atoms with Crippen molar-refractivity contribution in [1.29, 1.82) is 5.26 Å². The summed E-state index contributed by atoms with van der Waals surface area (Å²) in [6.45, 7) is 6.41. The Morgan fingerprint density at radius 1 is 1.42 bits per heavy atom. The van der Waals surface area contributed by atoms with Crippen LogP contribution in [0.15, 0.2) is 18.2 Å². The molecule has 1 saturated heterocycles. The summed E-state index contributed by atoms with van der Waals surface area (Å²) in [5.41, 5.74) is 1.66. The minimum Gasteiger partial charge on any atom is -0.366 e. The Bertz CT molecular complexity index is 481. The molecule has 0 radical (unpaired) electrons. The highest BCUT2D eigenvalue weighted by molar-refractivity contribution is 6.32. The molecular formula is C15H20ClN3. The van der Waals surface area contributed by atoms with Gasteiger partial charge in [0.15, 0.2) is 0 Å². The Hall–Kier alpha value is -1.24. The average Bonchev–Trinajstić information content (AvgIpc) is 2.46. The van der Waals surface area contributed by atoms with Gasteiger partial charge in [0.1, 0.15) is 6.07 Å². The predicted molar refractivity (Wildman–Crippen MR) is 79.7 cm³/mol. The van der Waals surface area contributed by atoms with E-state index in [-0.39, 0.29) is 0 Å². The van der Waals surface area contributed by atoms with Crippen LogP contribution < -0.4 is 10.2 Å². The lowest BCUT2D eigenvalue weighted by Gasteiger charge is -2.41. The number of nitrogens with zero attached hydrogens (tertiary/aromatic N) is 2. The van der Waals surface area contributed by atoms with Crippen molar-refractivity contribution in [3.63, 3.8) is 0 Å². The standard InChI is InChI=1S/C15H20ClN3/c1-3-12-10-19(13(4-2)9-18-12)14-6-5-11(8-17)15(16)7-14/h5-7,12-13,18H,3-4,9-10H2,1-2H3. The topological polar surface area (TPSA) is 39.1 Å². The maximum Gasteiger partial charge on any atom is 0.101 e. The second-order valence-electron chi connectivity index (χ2n) is 5.00. The Kier molecular flexibility index (Phi) is 4.68. The molecule has 102 valence electrons. The zero-order valence-electron chi connectivity index (χ0n) is 11.5. The number of anilines is 1. The summed E-state index contributed by atoms with van der Waals surface area (Å²) >= 11 is 6.15. The van der Waals surface area contributed by atoms with Crippen LogP contribution in [0.1, 0.15) is 32.3 Å². The Morgan fingerprint density at radius 3 is 2.79 bits per heavy atom. The van der Waals surface area contributed by atoms with Gasteiger partial charge in [0.2, 0.25) is 0 Å². The van der Waals surface area contributed by atoms with E-state index in [1.807, 2.05) is 18.2 Å². The van der Waals surface area contributed by atoms with Crippen molar-refractivity contribution in [1.82, 2.24) is 5.32 Å². The van der Waals surface area contributed by atoms with Crippen molar-refractivity contribution < 1.29 is 0 Å². The van der Waals surface area contributed by atoms with Crippen LogP contribution in [0.4, 0.5) is 5.69 Å². The van der Waals surface area contributed by atoms with Crippen LogP contribution in [-0.4, -0.2) is 25.2 Å². The van der Waals surface area contributed by atoms with E-state index in [4.69, 9.17) is 16.9 Å². The largest absolute Gasteiger partial charge is 0.366 e. The monoisotopic (exact) mass is 277 g/mol. The van der Waals surface area contributed by atoms with Crippen LogP contribution in [0.2, 0.25) is 5.02 Å². The number of rotatable bonds is 3. The first-order valence-electron chi connectivity index (χ1n) is 6.89. The Labute approximate surface area is 120 Å². The van der Waals surface area contributed by atoms with Gasteiger partial charge in [-0.25, -0.2) is 0 Å². The van der Waals surface area contributed by atoms with Crippen molar-refractivity contribution >= 4 is 17.3 Å². The highest BCUT2D eigenvalue weighted by Crippen LogP contribution is 2.27. The third kappa shape index (κ3) is 3.02. The van der Waals surface area contributed by atoms with Gasteiger partial charge in [-0.2, -0.15) is 5.26 Å². The fourth-order valence-electron chi connectivity index (χ4n) is 2.59. The van der Waals surface area contributed by atoms with E-state index >= 15 is 0 Å². The second-order valence-corrected chi connectivity index (χ2v) is 5.41. The van der Waals surface area contributed by atoms with E-state index in [0.717, 1.165) is 31.6 Å². The van der Waals surface area contributed by atoms with E-state index in [0.29, 0.717) is 22.7 Å². The van der Waals surface area contributed by atoms with E-state index in [1.54, 1.807) is 0 Å². The number of halogens is 1. The smallest absolute Gasteiger partial charge is 0.101 e. The van der Waals surface area contributed by atoms with E-state index in [9.17, 15) is 0 Å². The molecule has 0 saturated carbocycles. The summed E-state index contributed by atoms with van der Waals surface area (Å²) in [6, 6.07) is 8.86. The normalized spacial score (nSPS) is 23.2. The van der Waals surface area contributed by atoms with Gasteiger partial charge in [-0.15, -0.1) is 0 Å². The van der Waals surface area contributed by atoms with Crippen LogP contribution in [0, 0.1) is 11.3 Å². The lowest BCUT2D eigenvalue weighted by Crippen LogP contribution is -2.56. The predicted octanol–water partition coefficient (Wildman–Crippen LogP) is 3.18. The van der Waals surface area contributed by atoms with Gasteiger partial charge in [-0.3, -0.25) is 0 Å². The molecule has 0 spiro atoms. The molecular weight excluding hydrogens is 258 g/mol. The molecule has 2 rings (SSSR count). The molecule has 0 bridgehead atoms. The minimum atomic E-state index is 0.492. The Morgan fingerprint density at radius 2 is 2.21 bits per heavy atom. The van der Waals surface area contributed by atoms with Crippen LogP contribution in [0.3, 0.4) is 0 Å². The molecule has 0 aliphatic carbocycles. The van der Waals surface area contributed by atoms with Gasteiger partial charge in [0.25, 0.3) is 0 Å². The maximum atomic E-state index is 8.94. The highest BCUT2D eigenvalue weighted by atomic mass is 35.5. The molecule has 4 heteroatoms. The molecule has 1 aromatic rings. The van der Waals surface area contributed by atoms with Crippen LogP contribution in [0.5, 0.6) is 0 Å². The first-order chi connectivity index (χ1) is 9.19. The van der Waals surface area contributed by atoms with Crippen molar-refractivity contribution in [2.45, 2.75) is 38.8 Å². The molecule has 0 amide bonds. The first-order valence-corrected chi connectivity index (χ1v) is 7.27. The third-order valence-electron chi connectivity index (χ3n) is 3.87. The molecule has 2 unspecified atom stereocenters. The third-order valence-corrected chi connectivity index (χ3v) is 4.18. The molecule has 1 aliphatic rings. The summed E-state index contributed by atoms with van der Waals surface area (Å²) in [5, 5.41) is 13.1. The molecule has 1 aromatic carbocycles. The van der Waals surface area contributed by atoms with E-state index in [2.05, 4.69) is 30.1 Å². The van der Waals surface area contributed by atoms with Gasteiger partial charge in [-0.05, 0) is 31.0 Å².